The van der Waals surface area contributed by atoms with Crippen LogP contribution in [0.1, 0.15) is 5.56 Å². The van der Waals surface area contributed by atoms with Gasteiger partial charge in [0.05, 0.1) is 5.52 Å². The number of aromatic nitrogens is 3. The third-order valence-electron chi connectivity index (χ3n) is 3.20. The molecule has 0 aliphatic carbocycles. The van der Waals surface area contributed by atoms with Crippen LogP contribution in [0.5, 0.6) is 0 Å². The summed E-state index contributed by atoms with van der Waals surface area (Å²) in [6, 6.07) is 6.35. The van der Waals surface area contributed by atoms with Crippen molar-refractivity contribution in [2.45, 2.75) is 13.0 Å². The van der Waals surface area contributed by atoms with Crippen LogP contribution >= 0.6 is 12.2 Å². The molecule has 0 saturated carbocycles. The molecule has 0 atom stereocenters. The number of hydrogen-bond acceptors (Lipinski definition) is 2. The van der Waals surface area contributed by atoms with E-state index >= 15 is 0 Å². The molecule has 1 aromatic carbocycles. The molecule has 3 rings (SSSR count). The SMILES string of the molecule is Fc1ccc2[nH]c(=S)n(CCc3ccncc3)c2c1F. The van der Waals surface area contributed by atoms with Crippen LogP contribution in [-0.2, 0) is 13.0 Å². The van der Waals surface area contributed by atoms with Gasteiger partial charge in [-0.05, 0) is 48.5 Å². The minimum atomic E-state index is -0.871. The number of benzene rings is 1. The van der Waals surface area contributed by atoms with Gasteiger partial charge in [-0.1, -0.05) is 0 Å². The second-order valence-electron chi connectivity index (χ2n) is 4.44. The molecule has 3 aromatic rings. The van der Waals surface area contributed by atoms with Gasteiger partial charge in [0.25, 0.3) is 0 Å². The molecule has 0 bridgehead atoms. The predicted molar refractivity (Wildman–Crippen MR) is 75.0 cm³/mol. The number of hydrogen-bond donors (Lipinski definition) is 1. The maximum absolute atomic E-state index is 13.9. The van der Waals surface area contributed by atoms with Gasteiger partial charge in [0.1, 0.15) is 5.52 Å². The van der Waals surface area contributed by atoms with Crippen molar-refractivity contribution >= 4 is 23.3 Å². The summed E-state index contributed by atoms with van der Waals surface area (Å²) in [7, 11) is 0. The number of H-pyrrole nitrogens is 1. The molecule has 0 amide bonds. The number of pyridine rings is 1. The normalized spacial score (nSPS) is 11.1. The van der Waals surface area contributed by atoms with Crippen LogP contribution in [-0.4, -0.2) is 14.5 Å². The Morgan fingerprint density at radius 2 is 1.90 bits per heavy atom. The summed E-state index contributed by atoms with van der Waals surface area (Å²) in [6.45, 7) is 0.475. The van der Waals surface area contributed by atoms with E-state index in [1.54, 1.807) is 17.0 Å². The van der Waals surface area contributed by atoms with Gasteiger partial charge in [0.15, 0.2) is 16.4 Å². The lowest BCUT2D eigenvalue weighted by Gasteiger charge is -2.05. The highest BCUT2D eigenvalue weighted by Crippen LogP contribution is 2.20. The van der Waals surface area contributed by atoms with Gasteiger partial charge in [-0.15, -0.1) is 0 Å². The maximum atomic E-state index is 13.9. The number of fused-ring (bicyclic) bond motifs is 1. The number of nitrogens with zero attached hydrogens (tertiary/aromatic N) is 2. The highest BCUT2D eigenvalue weighted by Gasteiger charge is 2.13. The predicted octanol–water partition coefficient (Wildman–Crippen LogP) is 3.61. The molecule has 2 heterocycles. The summed E-state index contributed by atoms with van der Waals surface area (Å²) in [6.07, 6.45) is 4.06. The third-order valence-corrected chi connectivity index (χ3v) is 3.52. The average molecular weight is 291 g/mol. The van der Waals surface area contributed by atoms with Crippen molar-refractivity contribution < 1.29 is 8.78 Å². The number of aryl methyl sites for hydroxylation is 2. The van der Waals surface area contributed by atoms with Crippen molar-refractivity contribution in [2.75, 3.05) is 0 Å². The van der Waals surface area contributed by atoms with E-state index in [2.05, 4.69) is 9.97 Å². The molecule has 3 nitrogen and oxygen atoms in total. The Morgan fingerprint density at radius 3 is 2.65 bits per heavy atom. The lowest BCUT2D eigenvalue weighted by Crippen LogP contribution is -2.03. The first-order valence-electron chi connectivity index (χ1n) is 6.12. The molecule has 0 spiro atoms. The zero-order chi connectivity index (χ0) is 14.1. The zero-order valence-corrected chi connectivity index (χ0v) is 11.3. The van der Waals surface area contributed by atoms with Crippen LogP contribution < -0.4 is 0 Å². The minimum Gasteiger partial charge on any atom is -0.330 e. The van der Waals surface area contributed by atoms with Gasteiger partial charge >= 0.3 is 0 Å². The fraction of sp³-hybridized carbons (Fsp3) is 0.143. The Bertz CT molecular complexity index is 808. The maximum Gasteiger partial charge on any atom is 0.184 e. The smallest absolute Gasteiger partial charge is 0.184 e. The van der Waals surface area contributed by atoms with E-state index in [9.17, 15) is 8.78 Å². The van der Waals surface area contributed by atoms with E-state index in [-0.39, 0.29) is 5.52 Å². The molecule has 0 unspecified atom stereocenters. The van der Waals surface area contributed by atoms with Gasteiger partial charge in [-0.25, -0.2) is 8.78 Å². The van der Waals surface area contributed by atoms with E-state index in [1.807, 2.05) is 12.1 Å². The molecule has 0 radical (unpaired) electrons. The fourth-order valence-corrected chi connectivity index (χ4v) is 2.49. The molecule has 1 N–H and O–H groups in total. The molecule has 0 fully saturated rings. The second kappa shape index (κ2) is 5.13. The first kappa shape index (κ1) is 12.9. The monoisotopic (exact) mass is 291 g/mol. The minimum absolute atomic E-state index is 0.184. The van der Waals surface area contributed by atoms with Crippen molar-refractivity contribution in [3.05, 3.63) is 58.6 Å². The molecule has 2 aromatic heterocycles. The molecular weight excluding hydrogens is 280 g/mol. The van der Waals surface area contributed by atoms with E-state index in [4.69, 9.17) is 12.2 Å². The lowest BCUT2D eigenvalue weighted by atomic mass is 10.2. The summed E-state index contributed by atoms with van der Waals surface area (Å²) in [4.78, 5) is 6.83. The zero-order valence-electron chi connectivity index (χ0n) is 10.4. The van der Waals surface area contributed by atoms with Crippen molar-refractivity contribution in [1.29, 1.82) is 0 Å². The van der Waals surface area contributed by atoms with Crippen molar-refractivity contribution in [2.24, 2.45) is 0 Å². The Morgan fingerprint density at radius 1 is 1.15 bits per heavy atom. The Labute approximate surface area is 118 Å². The first-order chi connectivity index (χ1) is 9.66. The number of rotatable bonds is 3. The fourth-order valence-electron chi connectivity index (χ4n) is 2.19. The van der Waals surface area contributed by atoms with Gasteiger partial charge in [0, 0.05) is 18.9 Å². The van der Waals surface area contributed by atoms with Crippen LogP contribution in [0, 0.1) is 16.4 Å². The Balaban J connectivity index is 2.01. The lowest BCUT2D eigenvalue weighted by molar-refractivity contribution is 0.510. The van der Waals surface area contributed by atoms with Crippen molar-refractivity contribution in [3.8, 4) is 0 Å². The van der Waals surface area contributed by atoms with Gasteiger partial charge < -0.3 is 9.55 Å². The van der Waals surface area contributed by atoms with E-state index in [1.165, 1.54) is 6.07 Å². The summed E-state index contributed by atoms with van der Waals surface area (Å²) in [5.41, 5.74) is 1.75. The molecule has 0 aliphatic heterocycles. The Hall–Kier alpha value is -2.08. The molecular formula is C14H11F2N3S. The van der Waals surface area contributed by atoms with Crippen LogP contribution in [0.3, 0.4) is 0 Å². The van der Waals surface area contributed by atoms with E-state index < -0.39 is 11.6 Å². The first-order valence-corrected chi connectivity index (χ1v) is 6.53. The van der Waals surface area contributed by atoms with Gasteiger partial charge in [-0.3, -0.25) is 4.98 Å². The second-order valence-corrected chi connectivity index (χ2v) is 4.83. The molecule has 0 aliphatic rings. The molecule has 102 valence electrons. The average Bonchev–Trinajstić information content (AvgIpc) is 2.78. The summed E-state index contributed by atoms with van der Waals surface area (Å²) >= 11 is 5.18. The molecule has 0 saturated heterocycles. The number of nitrogens with one attached hydrogen (secondary N) is 1. The van der Waals surface area contributed by atoms with Gasteiger partial charge in [-0.2, -0.15) is 0 Å². The summed E-state index contributed by atoms with van der Waals surface area (Å²) in [5, 5.41) is 0. The highest BCUT2D eigenvalue weighted by molar-refractivity contribution is 7.71. The molecule has 20 heavy (non-hydrogen) atoms. The number of aromatic amines is 1. The van der Waals surface area contributed by atoms with Crippen LogP contribution in [0.4, 0.5) is 8.78 Å². The topological polar surface area (TPSA) is 33.6 Å². The van der Waals surface area contributed by atoms with Crippen molar-refractivity contribution in [1.82, 2.24) is 14.5 Å². The van der Waals surface area contributed by atoms with Crippen molar-refractivity contribution in [3.63, 3.8) is 0 Å². The van der Waals surface area contributed by atoms with Crippen LogP contribution in [0.2, 0.25) is 0 Å². The van der Waals surface area contributed by atoms with E-state index in [0.717, 1.165) is 11.6 Å². The number of halogens is 2. The number of imidazole rings is 1. The van der Waals surface area contributed by atoms with Gasteiger partial charge in [0.2, 0.25) is 0 Å². The summed E-state index contributed by atoms with van der Waals surface area (Å²) < 4.78 is 29.3. The largest absolute Gasteiger partial charge is 0.330 e. The quantitative estimate of drug-likeness (QED) is 0.748. The molecule has 6 heteroatoms. The standard InChI is InChI=1S/C14H11F2N3S/c15-10-1-2-11-13(12(10)16)19(14(20)18-11)8-5-9-3-6-17-7-4-9/h1-4,6-7H,5,8H2,(H,18,20). The summed E-state index contributed by atoms with van der Waals surface area (Å²) in [5.74, 6) is -1.74. The van der Waals surface area contributed by atoms with E-state index in [0.29, 0.717) is 23.3 Å². The third kappa shape index (κ3) is 2.22. The highest BCUT2D eigenvalue weighted by atomic mass is 32.1. The Kier molecular flexibility index (Phi) is 3.31. The van der Waals surface area contributed by atoms with Crippen LogP contribution in [0.15, 0.2) is 36.7 Å². The van der Waals surface area contributed by atoms with Crippen LogP contribution in [0.25, 0.3) is 11.0 Å².